The highest BCUT2D eigenvalue weighted by molar-refractivity contribution is 5.93. The first-order valence-corrected chi connectivity index (χ1v) is 13.0. The summed E-state index contributed by atoms with van der Waals surface area (Å²) in [7, 11) is 3.46. The summed E-state index contributed by atoms with van der Waals surface area (Å²) < 4.78 is 5.43. The van der Waals surface area contributed by atoms with Gasteiger partial charge in [0, 0.05) is 37.4 Å². The zero-order valence-corrected chi connectivity index (χ0v) is 25.7. The maximum absolute atomic E-state index is 5.43. The lowest BCUT2D eigenvalue weighted by atomic mass is 10.2. The number of ether oxygens (including phenoxy) is 1. The summed E-state index contributed by atoms with van der Waals surface area (Å²) in [6.07, 6.45) is 9.97. The van der Waals surface area contributed by atoms with E-state index >= 15 is 0 Å². The van der Waals surface area contributed by atoms with Crippen molar-refractivity contribution in [1.82, 2.24) is 20.3 Å². The first-order chi connectivity index (χ1) is 18.7. The van der Waals surface area contributed by atoms with Crippen LogP contribution >= 0.6 is 37.2 Å². The van der Waals surface area contributed by atoms with Gasteiger partial charge in [0.05, 0.1) is 18.3 Å². The predicted molar refractivity (Wildman–Crippen MR) is 179 cm³/mol. The SMILES string of the molecule is CN=C(NCCCCCCNc1nc(C=Cc2ccccn2)nc2ccc(OC)cc12)Nc1ccccc1.Cl.Cl.Cl. The number of anilines is 2. The van der Waals surface area contributed by atoms with Crippen LogP contribution < -0.4 is 20.7 Å². The molecule has 0 fully saturated rings. The van der Waals surface area contributed by atoms with Gasteiger partial charge >= 0.3 is 0 Å². The second kappa shape index (κ2) is 19.5. The van der Waals surface area contributed by atoms with E-state index in [9.17, 15) is 0 Å². The number of nitrogens with one attached hydrogen (secondary N) is 3. The van der Waals surface area contributed by atoms with E-state index in [0.717, 1.165) is 78.6 Å². The van der Waals surface area contributed by atoms with Gasteiger partial charge in [0.25, 0.3) is 0 Å². The Hall–Kier alpha value is -3.59. The third-order valence-corrected chi connectivity index (χ3v) is 5.96. The highest BCUT2D eigenvalue weighted by Gasteiger charge is 2.08. The molecule has 0 aliphatic carbocycles. The van der Waals surface area contributed by atoms with Crippen LogP contribution in [0.1, 0.15) is 37.2 Å². The Morgan fingerprint density at radius 2 is 1.61 bits per heavy atom. The molecule has 0 aliphatic heterocycles. The number of aliphatic imine (C=N–C) groups is 1. The first kappa shape index (κ1) is 35.4. The molecule has 2 heterocycles. The second-order valence-corrected chi connectivity index (χ2v) is 8.73. The van der Waals surface area contributed by atoms with Crippen molar-refractivity contribution in [1.29, 1.82) is 0 Å². The lowest BCUT2D eigenvalue weighted by Gasteiger charge is -2.12. The van der Waals surface area contributed by atoms with Gasteiger partial charge in [-0.1, -0.05) is 37.1 Å². The predicted octanol–water partition coefficient (Wildman–Crippen LogP) is 7.13. The topological polar surface area (TPSA) is 96.4 Å². The van der Waals surface area contributed by atoms with Crippen molar-refractivity contribution in [2.45, 2.75) is 25.7 Å². The van der Waals surface area contributed by atoms with Crippen LogP contribution in [-0.4, -0.2) is 48.2 Å². The van der Waals surface area contributed by atoms with Crippen molar-refractivity contribution in [2.75, 3.05) is 37.9 Å². The van der Waals surface area contributed by atoms with E-state index < -0.39 is 0 Å². The maximum Gasteiger partial charge on any atom is 0.195 e. The van der Waals surface area contributed by atoms with Gasteiger partial charge in [-0.3, -0.25) is 9.98 Å². The molecule has 0 saturated heterocycles. The fourth-order valence-electron chi connectivity index (χ4n) is 3.95. The lowest BCUT2D eigenvalue weighted by molar-refractivity contribution is 0.415. The molecule has 0 amide bonds. The van der Waals surface area contributed by atoms with Gasteiger partial charge in [-0.2, -0.15) is 0 Å². The largest absolute Gasteiger partial charge is 0.497 e. The van der Waals surface area contributed by atoms with E-state index in [2.05, 4.69) is 25.9 Å². The number of hydrogen-bond acceptors (Lipinski definition) is 6. The molecule has 4 rings (SSSR count). The molecule has 41 heavy (non-hydrogen) atoms. The van der Waals surface area contributed by atoms with Crippen LogP contribution in [0.15, 0.2) is 77.9 Å². The summed E-state index contributed by atoms with van der Waals surface area (Å²) in [4.78, 5) is 18.1. The van der Waals surface area contributed by atoms with Crippen molar-refractivity contribution in [3.8, 4) is 5.75 Å². The number of aromatic nitrogens is 3. The first-order valence-electron chi connectivity index (χ1n) is 13.0. The van der Waals surface area contributed by atoms with Crippen molar-refractivity contribution < 1.29 is 4.74 Å². The summed E-state index contributed by atoms with van der Waals surface area (Å²) in [5, 5.41) is 11.1. The van der Waals surface area contributed by atoms with E-state index in [1.165, 1.54) is 0 Å². The van der Waals surface area contributed by atoms with E-state index in [0.29, 0.717) is 5.82 Å². The third-order valence-electron chi connectivity index (χ3n) is 5.96. The molecular formula is C30H38Cl3N7O. The quantitative estimate of drug-likeness (QED) is 0.0883. The summed E-state index contributed by atoms with van der Waals surface area (Å²) >= 11 is 0. The molecule has 0 atom stereocenters. The maximum atomic E-state index is 5.43. The molecule has 2 aromatic carbocycles. The number of unbranched alkanes of at least 4 members (excludes halogenated alkanes) is 3. The summed E-state index contributed by atoms with van der Waals surface area (Å²) in [6.45, 7) is 1.71. The average molecular weight is 619 g/mol. The summed E-state index contributed by atoms with van der Waals surface area (Å²) in [5.41, 5.74) is 2.76. The van der Waals surface area contributed by atoms with Gasteiger partial charge in [-0.15, -0.1) is 37.2 Å². The van der Waals surface area contributed by atoms with Gasteiger partial charge < -0.3 is 20.7 Å². The molecule has 0 aliphatic rings. The van der Waals surface area contributed by atoms with Gasteiger partial charge in [0.2, 0.25) is 0 Å². The monoisotopic (exact) mass is 617 g/mol. The third kappa shape index (κ3) is 11.4. The Bertz CT molecular complexity index is 1360. The molecule has 0 spiro atoms. The van der Waals surface area contributed by atoms with Crippen LogP contribution in [-0.2, 0) is 0 Å². The normalized spacial score (nSPS) is 10.7. The minimum absolute atomic E-state index is 0. The molecule has 0 radical (unpaired) electrons. The number of hydrogen-bond donors (Lipinski definition) is 3. The zero-order valence-electron chi connectivity index (χ0n) is 23.2. The number of para-hydroxylation sites is 1. The molecule has 0 unspecified atom stereocenters. The van der Waals surface area contributed by atoms with E-state index in [1.54, 1.807) is 20.4 Å². The minimum Gasteiger partial charge on any atom is -0.497 e. The second-order valence-electron chi connectivity index (χ2n) is 8.73. The van der Waals surface area contributed by atoms with E-state index in [1.807, 2.05) is 78.9 Å². The highest BCUT2D eigenvalue weighted by Crippen LogP contribution is 2.26. The summed E-state index contributed by atoms with van der Waals surface area (Å²) in [5.74, 6) is 3.02. The average Bonchev–Trinajstić information content (AvgIpc) is 2.97. The summed E-state index contributed by atoms with van der Waals surface area (Å²) in [6, 6.07) is 21.7. The van der Waals surface area contributed by atoms with Crippen molar-refractivity contribution in [3.63, 3.8) is 0 Å². The van der Waals surface area contributed by atoms with Crippen LogP contribution in [0.25, 0.3) is 23.1 Å². The van der Waals surface area contributed by atoms with Crippen LogP contribution in [0, 0.1) is 0 Å². The smallest absolute Gasteiger partial charge is 0.195 e. The molecule has 2 aromatic heterocycles. The zero-order chi connectivity index (χ0) is 26.4. The van der Waals surface area contributed by atoms with Gasteiger partial charge in [0.1, 0.15) is 11.6 Å². The number of nitrogens with zero attached hydrogens (tertiary/aromatic N) is 4. The van der Waals surface area contributed by atoms with Crippen molar-refractivity contribution in [2.24, 2.45) is 4.99 Å². The number of benzene rings is 2. The molecular weight excluding hydrogens is 581 g/mol. The number of methoxy groups -OCH3 is 1. The molecule has 0 bridgehead atoms. The lowest BCUT2D eigenvalue weighted by Crippen LogP contribution is -2.31. The molecule has 8 nitrogen and oxygen atoms in total. The standard InChI is InChI=1S/C30H35N7O.3ClH/c1-31-30(35-24-13-6-5-7-14-24)34-21-10-4-3-9-20-33-29-26-22-25(38-2)16-17-27(26)36-28(37-29)18-15-23-12-8-11-19-32-23;;;/h5-8,11-19,22H,3-4,9-10,20-21H2,1-2H3,(H2,31,34,35)(H,33,36,37);3*1H. The minimum atomic E-state index is 0. The molecule has 11 heteroatoms. The van der Waals surface area contributed by atoms with Crippen molar-refractivity contribution in [3.05, 3.63) is 84.4 Å². The molecule has 3 N–H and O–H groups in total. The highest BCUT2D eigenvalue weighted by atomic mass is 35.5. The van der Waals surface area contributed by atoms with Gasteiger partial charge in [-0.05, 0) is 67.5 Å². The molecule has 220 valence electrons. The van der Waals surface area contributed by atoms with Gasteiger partial charge in [0.15, 0.2) is 11.8 Å². The number of pyridine rings is 1. The number of guanidine groups is 1. The van der Waals surface area contributed by atoms with E-state index in [-0.39, 0.29) is 37.2 Å². The number of rotatable bonds is 12. The number of fused-ring (bicyclic) bond motifs is 1. The Labute approximate surface area is 260 Å². The van der Waals surface area contributed by atoms with Crippen LogP contribution in [0.4, 0.5) is 11.5 Å². The van der Waals surface area contributed by atoms with Crippen LogP contribution in [0.5, 0.6) is 5.75 Å². The fourth-order valence-corrected chi connectivity index (χ4v) is 3.95. The van der Waals surface area contributed by atoms with Crippen LogP contribution in [0.3, 0.4) is 0 Å². The Morgan fingerprint density at radius 1 is 0.854 bits per heavy atom. The molecule has 4 aromatic rings. The van der Waals surface area contributed by atoms with Crippen LogP contribution in [0.2, 0.25) is 0 Å². The van der Waals surface area contributed by atoms with E-state index in [4.69, 9.17) is 14.7 Å². The molecule has 0 saturated carbocycles. The van der Waals surface area contributed by atoms with Gasteiger partial charge in [-0.25, -0.2) is 9.97 Å². The Morgan fingerprint density at radius 3 is 2.32 bits per heavy atom. The Balaban J connectivity index is 0.00000280. The van der Waals surface area contributed by atoms with Crippen molar-refractivity contribution >= 4 is 77.7 Å². The Kier molecular flexibility index (Phi) is 16.8. The fraction of sp³-hybridized carbons (Fsp3) is 0.267. The number of halogens is 3.